The van der Waals surface area contributed by atoms with E-state index in [0.29, 0.717) is 0 Å². The lowest BCUT2D eigenvalue weighted by Crippen LogP contribution is -2.24. The second-order valence-electron chi connectivity index (χ2n) is 5.15. The molecule has 2 aromatic carbocycles. The average molecular weight is 304 g/mol. The molecule has 2 atom stereocenters. The molecule has 0 saturated heterocycles. The highest BCUT2D eigenvalue weighted by atomic mass is 35.5. The Hall–Kier alpha value is -1.51. The van der Waals surface area contributed by atoms with Crippen molar-refractivity contribution in [2.45, 2.75) is 32.4 Å². The summed E-state index contributed by atoms with van der Waals surface area (Å²) in [7, 11) is 1.69. The van der Waals surface area contributed by atoms with Crippen LogP contribution < -0.4 is 10.1 Å². The van der Waals surface area contributed by atoms with Crippen molar-refractivity contribution in [2.75, 3.05) is 7.11 Å². The van der Waals surface area contributed by atoms with Gasteiger partial charge in [0.1, 0.15) is 5.75 Å². The van der Waals surface area contributed by atoms with Crippen LogP contribution in [0.3, 0.4) is 0 Å². The molecule has 0 unspecified atom stereocenters. The van der Waals surface area contributed by atoms with E-state index in [-0.39, 0.29) is 12.1 Å². The quantitative estimate of drug-likeness (QED) is 0.796. The molecule has 2 aromatic rings. The molecule has 0 aliphatic carbocycles. The summed E-state index contributed by atoms with van der Waals surface area (Å²) in [5, 5.41) is 4.47. The summed E-state index contributed by atoms with van der Waals surface area (Å²) in [5.74, 6) is 0.881. The lowest BCUT2D eigenvalue weighted by atomic mass is 10.0. The van der Waals surface area contributed by atoms with E-state index in [0.717, 1.165) is 22.8 Å². The van der Waals surface area contributed by atoms with Crippen LogP contribution in [0, 0.1) is 0 Å². The second-order valence-corrected chi connectivity index (χ2v) is 5.55. The van der Waals surface area contributed by atoms with Crippen LogP contribution in [0.15, 0.2) is 48.5 Å². The summed E-state index contributed by atoms with van der Waals surface area (Å²) in [4.78, 5) is 0. The molecule has 0 heterocycles. The normalized spacial score (nSPS) is 13.7. The first-order chi connectivity index (χ1) is 10.2. The molecule has 0 bridgehead atoms. The van der Waals surface area contributed by atoms with Gasteiger partial charge < -0.3 is 10.1 Å². The Balaban J connectivity index is 2.16. The second kappa shape index (κ2) is 7.48. The van der Waals surface area contributed by atoms with Crippen LogP contribution in [-0.4, -0.2) is 7.11 Å². The summed E-state index contributed by atoms with van der Waals surface area (Å²) in [6, 6.07) is 16.6. The van der Waals surface area contributed by atoms with E-state index >= 15 is 0 Å². The predicted molar refractivity (Wildman–Crippen MR) is 89.0 cm³/mol. The number of hydrogen-bond donors (Lipinski definition) is 1. The molecule has 0 aliphatic rings. The Morgan fingerprint density at radius 1 is 1.14 bits per heavy atom. The summed E-state index contributed by atoms with van der Waals surface area (Å²) in [6.45, 7) is 4.33. The van der Waals surface area contributed by atoms with Crippen LogP contribution in [-0.2, 0) is 0 Å². The number of rotatable bonds is 6. The van der Waals surface area contributed by atoms with Gasteiger partial charge in [-0.1, -0.05) is 48.9 Å². The molecule has 112 valence electrons. The molecule has 0 fully saturated rings. The van der Waals surface area contributed by atoms with E-state index in [1.54, 1.807) is 7.11 Å². The minimum Gasteiger partial charge on any atom is -0.497 e. The minimum atomic E-state index is 0.223. The third-order valence-electron chi connectivity index (χ3n) is 3.73. The van der Waals surface area contributed by atoms with Gasteiger partial charge in [0.05, 0.1) is 7.11 Å². The molecule has 3 heteroatoms. The van der Waals surface area contributed by atoms with E-state index in [9.17, 15) is 0 Å². The summed E-state index contributed by atoms with van der Waals surface area (Å²) < 4.78 is 5.29. The van der Waals surface area contributed by atoms with Crippen LogP contribution in [0.4, 0.5) is 0 Å². The summed E-state index contributed by atoms with van der Waals surface area (Å²) in [6.07, 6.45) is 0.984. The Kier molecular flexibility index (Phi) is 5.66. The topological polar surface area (TPSA) is 21.3 Å². The van der Waals surface area contributed by atoms with Crippen molar-refractivity contribution in [1.82, 2.24) is 5.32 Å². The fraction of sp³-hybridized carbons (Fsp3) is 0.333. The maximum Gasteiger partial charge on any atom is 0.119 e. The van der Waals surface area contributed by atoms with Crippen molar-refractivity contribution in [3.8, 4) is 5.75 Å². The van der Waals surface area contributed by atoms with Gasteiger partial charge in [-0.05, 0) is 42.7 Å². The number of methoxy groups -OCH3 is 1. The molecule has 2 nitrogen and oxygen atoms in total. The fourth-order valence-corrected chi connectivity index (χ4v) is 2.76. The zero-order chi connectivity index (χ0) is 15.2. The highest BCUT2D eigenvalue weighted by Crippen LogP contribution is 2.28. The molecule has 0 spiro atoms. The number of nitrogens with one attached hydrogen (secondary N) is 1. The van der Waals surface area contributed by atoms with Crippen LogP contribution in [0.5, 0.6) is 5.75 Å². The van der Waals surface area contributed by atoms with Crippen molar-refractivity contribution < 1.29 is 4.74 Å². The van der Waals surface area contributed by atoms with E-state index in [1.807, 2.05) is 30.3 Å². The SMILES string of the molecule is CC[C@@H](N[C@H](C)c1cccc(OC)c1)c1ccccc1Cl. The standard InChI is InChI=1S/C18H22ClNO/c1-4-18(16-10-5-6-11-17(16)19)20-13(2)14-8-7-9-15(12-14)21-3/h5-13,18,20H,4H2,1-3H3/t13-,18-/m1/s1. The first kappa shape index (κ1) is 15.9. The van der Waals surface area contributed by atoms with Gasteiger partial charge in [0.15, 0.2) is 0 Å². The van der Waals surface area contributed by atoms with Crippen LogP contribution in [0.1, 0.15) is 43.5 Å². The molecule has 0 aliphatic heterocycles. The lowest BCUT2D eigenvalue weighted by molar-refractivity contribution is 0.411. The maximum atomic E-state index is 6.31. The lowest BCUT2D eigenvalue weighted by Gasteiger charge is -2.24. The Labute approximate surface area is 132 Å². The van der Waals surface area contributed by atoms with Gasteiger partial charge in [-0.2, -0.15) is 0 Å². The monoisotopic (exact) mass is 303 g/mol. The van der Waals surface area contributed by atoms with Crippen molar-refractivity contribution in [1.29, 1.82) is 0 Å². The van der Waals surface area contributed by atoms with E-state index in [1.165, 1.54) is 5.56 Å². The molecule has 2 rings (SSSR count). The van der Waals surface area contributed by atoms with Gasteiger partial charge in [0.25, 0.3) is 0 Å². The zero-order valence-electron chi connectivity index (χ0n) is 12.8. The number of ether oxygens (including phenoxy) is 1. The summed E-state index contributed by atoms with van der Waals surface area (Å²) >= 11 is 6.31. The highest BCUT2D eigenvalue weighted by molar-refractivity contribution is 6.31. The number of hydrogen-bond acceptors (Lipinski definition) is 2. The molecule has 0 aromatic heterocycles. The van der Waals surface area contributed by atoms with Crippen molar-refractivity contribution in [3.05, 3.63) is 64.7 Å². The van der Waals surface area contributed by atoms with Gasteiger partial charge in [0, 0.05) is 17.1 Å². The molecule has 21 heavy (non-hydrogen) atoms. The summed E-state index contributed by atoms with van der Waals surface area (Å²) in [5.41, 5.74) is 2.36. The van der Waals surface area contributed by atoms with E-state index in [2.05, 4.69) is 37.4 Å². The van der Waals surface area contributed by atoms with E-state index < -0.39 is 0 Å². The average Bonchev–Trinajstić information content (AvgIpc) is 2.53. The van der Waals surface area contributed by atoms with Crippen molar-refractivity contribution >= 4 is 11.6 Å². The zero-order valence-corrected chi connectivity index (χ0v) is 13.5. The smallest absolute Gasteiger partial charge is 0.119 e. The van der Waals surface area contributed by atoms with Crippen LogP contribution in [0.25, 0.3) is 0 Å². The number of benzene rings is 2. The molecule has 0 amide bonds. The van der Waals surface area contributed by atoms with Gasteiger partial charge in [0.2, 0.25) is 0 Å². The highest BCUT2D eigenvalue weighted by Gasteiger charge is 2.16. The number of halogens is 1. The van der Waals surface area contributed by atoms with Crippen LogP contribution >= 0.6 is 11.6 Å². The predicted octanol–water partition coefficient (Wildman–Crippen LogP) is 5.15. The van der Waals surface area contributed by atoms with Crippen molar-refractivity contribution in [2.24, 2.45) is 0 Å². The van der Waals surface area contributed by atoms with Crippen LogP contribution in [0.2, 0.25) is 5.02 Å². The maximum absolute atomic E-state index is 6.31. The first-order valence-electron chi connectivity index (χ1n) is 7.30. The van der Waals surface area contributed by atoms with Crippen molar-refractivity contribution in [3.63, 3.8) is 0 Å². The molecular weight excluding hydrogens is 282 g/mol. The Morgan fingerprint density at radius 3 is 2.57 bits per heavy atom. The van der Waals surface area contributed by atoms with Gasteiger partial charge in [-0.3, -0.25) is 0 Å². The van der Waals surface area contributed by atoms with Gasteiger partial charge >= 0.3 is 0 Å². The largest absolute Gasteiger partial charge is 0.497 e. The molecule has 0 radical (unpaired) electrons. The molecular formula is C18H22ClNO. The molecule has 0 saturated carbocycles. The Bertz CT molecular complexity index is 585. The fourth-order valence-electron chi connectivity index (χ4n) is 2.49. The third kappa shape index (κ3) is 3.99. The van der Waals surface area contributed by atoms with E-state index in [4.69, 9.17) is 16.3 Å². The Morgan fingerprint density at radius 2 is 1.90 bits per heavy atom. The van der Waals surface area contributed by atoms with Gasteiger partial charge in [-0.25, -0.2) is 0 Å². The molecule has 1 N–H and O–H groups in total. The first-order valence-corrected chi connectivity index (χ1v) is 7.68. The third-order valence-corrected chi connectivity index (χ3v) is 4.08. The van der Waals surface area contributed by atoms with Gasteiger partial charge in [-0.15, -0.1) is 0 Å². The minimum absolute atomic E-state index is 0.223.